The van der Waals surface area contributed by atoms with Gasteiger partial charge in [0.15, 0.2) is 0 Å². The molecule has 0 spiro atoms. The molecule has 0 radical (unpaired) electrons. The molecule has 0 atom stereocenters. The van der Waals surface area contributed by atoms with E-state index in [-0.39, 0.29) is 18.1 Å². The van der Waals surface area contributed by atoms with Gasteiger partial charge < -0.3 is 14.8 Å². The standard InChI is InChI=1S/C20H24N2O3/c1-24-18-6-4-5-15(13-18)14-19(23)22-16-8-10-17(11-9-16)25-20-7-2-3-12-21-20/h2-7,12-13,16-17H,8-11,14H2,1H3,(H,22,23). The Kier molecular flexibility index (Phi) is 5.88. The van der Waals surface area contributed by atoms with E-state index in [1.807, 2.05) is 42.5 Å². The number of carbonyl (C=O) groups is 1. The highest BCUT2D eigenvalue weighted by Crippen LogP contribution is 2.23. The molecule has 1 heterocycles. The van der Waals surface area contributed by atoms with Crippen LogP contribution in [0.4, 0.5) is 0 Å². The molecule has 0 bridgehead atoms. The molecule has 5 heteroatoms. The third-order valence-electron chi connectivity index (χ3n) is 4.46. The van der Waals surface area contributed by atoms with Crippen LogP contribution in [0.15, 0.2) is 48.7 Å². The minimum atomic E-state index is 0.0577. The molecular weight excluding hydrogens is 316 g/mol. The lowest BCUT2D eigenvalue weighted by Crippen LogP contribution is -2.40. The summed E-state index contributed by atoms with van der Waals surface area (Å²) >= 11 is 0. The topological polar surface area (TPSA) is 60.5 Å². The smallest absolute Gasteiger partial charge is 0.224 e. The van der Waals surface area contributed by atoms with Gasteiger partial charge in [0.2, 0.25) is 11.8 Å². The maximum atomic E-state index is 12.3. The van der Waals surface area contributed by atoms with Gasteiger partial charge in [-0.2, -0.15) is 0 Å². The van der Waals surface area contributed by atoms with E-state index in [9.17, 15) is 4.79 Å². The van der Waals surface area contributed by atoms with Crippen molar-refractivity contribution in [1.82, 2.24) is 10.3 Å². The SMILES string of the molecule is COc1cccc(CC(=O)NC2CCC(Oc3ccccn3)CC2)c1. The van der Waals surface area contributed by atoms with Crippen molar-refractivity contribution < 1.29 is 14.3 Å². The number of pyridine rings is 1. The minimum absolute atomic E-state index is 0.0577. The summed E-state index contributed by atoms with van der Waals surface area (Å²) in [6, 6.07) is 13.5. The summed E-state index contributed by atoms with van der Waals surface area (Å²) in [5.74, 6) is 1.51. The molecule has 1 fully saturated rings. The maximum Gasteiger partial charge on any atom is 0.224 e. The van der Waals surface area contributed by atoms with Gasteiger partial charge in [0.1, 0.15) is 11.9 Å². The van der Waals surface area contributed by atoms with Gasteiger partial charge in [-0.1, -0.05) is 18.2 Å². The Bertz CT molecular complexity index is 682. The maximum absolute atomic E-state index is 12.3. The second-order valence-corrected chi connectivity index (χ2v) is 6.36. The number of nitrogens with zero attached hydrogens (tertiary/aromatic N) is 1. The first-order valence-corrected chi connectivity index (χ1v) is 8.73. The van der Waals surface area contributed by atoms with Crippen LogP contribution in [0.3, 0.4) is 0 Å². The van der Waals surface area contributed by atoms with Crippen LogP contribution in [-0.4, -0.2) is 30.1 Å². The minimum Gasteiger partial charge on any atom is -0.497 e. The predicted molar refractivity (Wildman–Crippen MR) is 95.7 cm³/mol. The van der Waals surface area contributed by atoms with E-state index in [2.05, 4.69) is 10.3 Å². The molecule has 3 rings (SSSR count). The van der Waals surface area contributed by atoms with Gasteiger partial charge in [-0.25, -0.2) is 4.98 Å². The third-order valence-corrected chi connectivity index (χ3v) is 4.46. The normalized spacial score (nSPS) is 19.9. The molecule has 2 aromatic rings. The van der Waals surface area contributed by atoms with E-state index >= 15 is 0 Å². The Morgan fingerprint density at radius 1 is 1.16 bits per heavy atom. The molecule has 1 aliphatic rings. The molecule has 5 nitrogen and oxygen atoms in total. The van der Waals surface area contributed by atoms with Crippen molar-refractivity contribution in [3.8, 4) is 11.6 Å². The zero-order valence-electron chi connectivity index (χ0n) is 14.5. The molecule has 0 saturated heterocycles. The van der Waals surface area contributed by atoms with Crippen LogP contribution in [0, 0.1) is 0 Å². The van der Waals surface area contributed by atoms with Crippen LogP contribution >= 0.6 is 0 Å². The summed E-state index contributed by atoms with van der Waals surface area (Å²) in [6.45, 7) is 0. The summed E-state index contributed by atoms with van der Waals surface area (Å²) < 4.78 is 11.1. The lowest BCUT2D eigenvalue weighted by Gasteiger charge is -2.29. The van der Waals surface area contributed by atoms with E-state index < -0.39 is 0 Å². The Labute approximate surface area is 148 Å². The van der Waals surface area contributed by atoms with E-state index in [1.165, 1.54) is 0 Å². The first-order chi connectivity index (χ1) is 12.2. The third kappa shape index (κ3) is 5.21. The quantitative estimate of drug-likeness (QED) is 0.878. The van der Waals surface area contributed by atoms with Gasteiger partial charge in [-0.05, 0) is 49.4 Å². The Morgan fingerprint density at radius 3 is 2.72 bits per heavy atom. The van der Waals surface area contributed by atoms with Crippen molar-refractivity contribution >= 4 is 5.91 Å². The number of amides is 1. The lowest BCUT2D eigenvalue weighted by molar-refractivity contribution is -0.121. The van der Waals surface area contributed by atoms with E-state index in [0.717, 1.165) is 37.0 Å². The van der Waals surface area contributed by atoms with Gasteiger partial charge in [0, 0.05) is 18.3 Å². The van der Waals surface area contributed by atoms with Crippen LogP contribution in [0.5, 0.6) is 11.6 Å². The summed E-state index contributed by atoms with van der Waals surface area (Å²) in [7, 11) is 1.63. The lowest BCUT2D eigenvalue weighted by atomic mass is 9.92. The van der Waals surface area contributed by atoms with Crippen LogP contribution < -0.4 is 14.8 Å². The first kappa shape index (κ1) is 17.3. The molecule has 25 heavy (non-hydrogen) atoms. The van der Waals surface area contributed by atoms with Crippen molar-refractivity contribution in [1.29, 1.82) is 0 Å². The molecule has 132 valence electrons. The van der Waals surface area contributed by atoms with Crippen molar-refractivity contribution in [3.05, 3.63) is 54.2 Å². The number of rotatable bonds is 6. The molecule has 1 aromatic carbocycles. The van der Waals surface area contributed by atoms with Crippen molar-refractivity contribution in [3.63, 3.8) is 0 Å². The van der Waals surface area contributed by atoms with Crippen molar-refractivity contribution in [2.75, 3.05) is 7.11 Å². The number of hydrogen-bond acceptors (Lipinski definition) is 4. The first-order valence-electron chi connectivity index (χ1n) is 8.73. The van der Waals surface area contributed by atoms with E-state index in [1.54, 1.807) is 13.3 Å². The average molecular weight is 340 g/mol. The monoisotopic (exact) mass is 340 g/mol. The van der Waals surface area contributed by atoms with Gasteiger partial charge in [0.25, 0.3) is 0 Å². The molecule has 1 aliphatic carbocycles. The summed E-state index contributed by atoms with van der Waals surface area (Å²) in [5.41, 5.74) is 0.962. The highest BCUT2D eigenvalue weighted by atomic mass is 16.5. The van der Waals surface area contributed by atoms with Gasteiger partial charge in [-0.15, -0.1) is 0 Å². The number of ether oxygens (including phenoxy) is 2. The Balaban J connectivity index is 1.43. The van der Waals surface area contributed by atoms with Crippen LogP contribution in [0.2, 0.25) is 0 Å². The van der Waals surface area contributed by atoms with Crippen LogP contribution in [0.1, 0.15) is 31.2 Å². The predicted octanol–water partition coefficient (Wildman–Crippen LogP) is 3.14. The van der Waals surface area contributed by atoms with Gasteiger partial charge in [0.05, 0.1) is 13.5 Å². The fraction of sp³-hybridized carbons (Fsp3) is 0.400. The Morgan fingerprint density at radius 2 is 2.00 bits per heavy atom. The zero-order chi connectivity index (χ0) is 17.5. The molecule has 0 unspecified atom stereocenters. The number of aromatic nitrogens is 1. The number of methoxy groups -OCH3 is 1. The Hall–Kier alpha value is -2.56. The van der Waals surface area contributed by atoms with Gasteiger partial charge >= 0.3 is 0 Å². The van der Waals surface area contributed by atoms with Gasteiger partial charge in [-0.3, -0.25) is 4.79 Å². The second kappa shape index (κ2) is 8.51. The molecule has 1 amide bonds. The van der Waals surface area contributed by atoms with Crippen molar-refractivity contribution in [2.24, 2.45) is 0 Å². The average Bonchev–Trinajstić information content (AvgIpc) is 2.64. The largest absolute Gasteiger partial charge is 0.497 e. The molecule has 1 aromatic heterocycles. The molecule has 0 aliphatic heterocycles. The summed E-state index contributed by atoms with van der Waals surface area (Å²) in [5, 5.41) is 3.14. The van der Waals surface area contributed by atoms with E-state index in [4.69, 9.17) is 9.47 Å². The summed E-state index contributed by atoms with van der Waals surface area (Å²) in [6.07, 6.45) is 6.02. The number of hydrogen-bond donors (Lipinski definition) is 1. The number of nitrogens with one attached hydrogen (secondary N) is 1. The highest BCUT2D eigenvalue weighted by molar-refractivity contribution is 5.79. The van der Waals surface area contributed by atoms with Crippen molar-refractivity contribution in [2.45, 2.75) is 44.2 Å². The van der Waals surface area contributed by atoms with E-state index in [0.29, 0.717) is 12.3 Å². The van der Waals surface area contributed by atoms with Crippen LogP contribution in [-0.2, 0) is 11.2 Å². The number of benzene rings is 1. The van der Waals surface area contributed by atoms with Crippen LogP contribution in [0.25, 0.3) is 0 Å². The highest BCUT2D eigenvalue weighted by Gasteiger charge is 2.23. The fourth-order valence-electron chi connectivity index (χ4n) is 3.16. The molecular formula is C20H24N2O3. The number of carbonyl (C=O) groups excluding carboxylic acids is 1. The fourth-order valence-corrected chi connectivity index (χ4v) is 3.16. The second-order valence-electron chi connectivity index (χ2n) is 6.36. The zero-order valence-corrected chi connectivity index (χ0v) is 14.5. The molecule has 1 N–H and O–H groups in total. The molecule has 1 saturated carbocycles. The summed E-state index contributed by atoms with van der Waals surface area (Å²) in [4.78, 5) is 16.5.